The van der Waals surface area contributed by atoms with E-state index in [0.29, 0.717) is 12.5 Å². The molecule has 1 unspecified atom stereocenters. The highest BCUT2D eigenvalue weighted by Gasteiger charge is 2.17. The molecule has 0 fully saturated rings. The van der Waals surface area contributed by atoms with Gasteiger partial charge in [0, 0.05) is 11.7 Å². The number of anilines is 1. The summed E-state index contributed by atoms with van der Waals surface area (Å²) in [4.78, 5) is 24.7. The second-order valence-electron chi connectivity index (χ2n) is 6.33. The van der Waals surface area contributed by atoms with Crippen LogP contribution >= 0.6 is 0 Å². The smallest absolute Gasteiger partial charge is 0.279 e. The Morgan fingerprint density at radius 2 is 1.59 bits per heavy atom. The summed E-state index contributed by atoms with van der Waals surface area (Å²) in [6.45, 7) is 8.67. The molecule has 0 saturated heterocycles. The van der Waals surface area contributed by atoms with Crippen LogP contribution in [0.25, 0.3) is 0 Å². The van der Waals surface area contributed by atoms with Crippen molar-refractivity contribution in [1.29, 1.82) is 0 Å². The minimum atomic E-state index is -0.0916. The molecule has 0 aliphatic heterocycles. The van der Waals surface area contributed by atoms with E-state index in [-0.39, 0.29) is 24.4 Å². The lowest BCUT2D eigenvalue weighted by molar-refractivity contribution is -0.862. The number of likely N-dealkylation sites (N-methyl/N-ethyl adjacent to an activating group) is 1. The maximum absolute atomic E-state index is 12.0. The Morgan fingerprint density at radius 3 is 2.14 bits per heavy atom. The van der Waals surface area contributed by atoms with Gasteiger partial charge in [0.2, 0.25) is 0 Å². The first-order chi connectivity index (χ1) is 10.3. The summed E-state index contributed by atoms with van der Waals surface area (Å²) >= 11 is 0. The van der Waals surface area contributed by atoms with Crippen molar-refractivity contribution in [3.8, 4) is 0 Å². The van der Waals surface area contributed by atoms with E-state index in [2.05, 4.69) is 24.5 Å². The molecule has 1 aromatic rings. The van der Waals surface area contributed by atoms with Gasteiger partial charge in [0.15, 0.2) is 13.1 Å². The molecule has 3 N–H and O–H groups in total. The van der Waals surface area contributed by atoms with E-state index in [1.165, 1.54) is 0 Å². The zero-order valence-corrected chi connectivity index (χ0v) is 14.2. The molecular formula is C17H28N3O2+. The Labute approximate surface area is 133 Å². The fourth-order valence-corrected chi connectivity index (χ4v) is 1.92. The standard InChI is InChI=1S/C17H27N3O2/c1-12(2)14(4)18-16(21)10-20(5)11-17(22)19-15-8-6-13(3)7-9-15/h6-9,12,14H,10-11H2,1-5H3,(H,18,21)(H,19,22)/p+1/t14-/m0/s1. The van der Waals surface area contributed by atoms with E-state index >= 15 is 0 Å². The first-order valence-corrected chi connectivity index (χ1v) is 7.75. The number of hydrogen-bond donors (Lipinski definition) is 3. The predicted molar refractivity (Wildman–Crippen MR) is 88.9 cm³/mol. The van der Waals surface area contributed by atoms with Gasteiger partial charge in [0.05, 0.1) is 7.05 Å². The van der Waals surface area contributed by atoms with E-state index in [0.717, 1.165) is 16.2 Å². The van der Waals surface area contributed by atoms with Crippen LogP contribution in [0.3, 0.4) is 0 Å². The highest BCUT2D eigenvalue weighted by molar-refractivity contribution is 5.91. The summed E-state index contributed by atoms with van der Waals surface area (Å²) in [5.74, 6) is 0.280. The third-order valence-corrected chi connectivity index (χ3v) is 3.65. The number of nitrogens with one attached hydrogen (secondary N) is 3. The SMILES string of the molecule is Cc1ccc(NC(=O)C[NH+](C)CC(=O)N[C@@H](C)C(C)C)cc1. The summed E-state index contributed by atoms with van der Waals surface area (Å²) in [7, 11) is 1.84. The van der Waals surface area contributed by atoms with Gasteiger partial charge in [-0.25, -0.2) is 0 Å². The van der Waals surface area contributed by atoms with E-state index in [1.54, 1.807) is 0 Å². The molecule has 0 aromatic heterocycles. The van der Waals surface area contributed by atoms with Crippen LogP contribution in [0.15, 0.2) is 24.3 Å². The molecule has 1 aromatic carbocycles. The van der Waals surface area contributed by atoms with Crippen LogP contribution < -0.4 is 15.5 Å². The summed E-state index contributed by atoms with van der Waals surface area (Å²) in [6, 6.07) is 7.79. The number of hydrogen-bond acceptors (Lipinski definition) is 2. The van der Waals surface area contributed by atoms with Crippen molar-refractivity contribution in [2.24, 2.45) is 5.92 Å². The Balaban J connectivity index is 2.37. The zero-order valence-electron chi connectivity index (χ0n) is 14.2. The molecule has 2 amide bonds. The van der Waals surface area contributed by atoms with Gasteiger partial charge >= 0.3 is 0 Å². The average Bonchev–Trinajstić information content (AvgIpc) is 2.40. The zero-order chi connectivity index (χ0) is 16.7. The summed E-state index contributed by atoms with van der Waals surface area (Å²) in [6.07, 6.45) is 0. The molecule has 5 nitrogen and oxygen atoms in total. The van der Waals surface area contributed by atoms with Crippen molar-refractivity contribution >= 4 is 17.5 Å². The Morgan fingerprint density at radius 1 is 1.05 bits per heavy atom. The number of quaternary nitrogens is 1. The van der Waals surface area contributed by atoms with Crippen LogP contribution in [0.4, 0.5) is 5.69 Å². The summed E-state index contributed by atoms with van der Waals surface area (Å²) < 4.78 is 0. The van der Waals surface area contributed by atoms with Crippen molar-refractivity contribution in [3.05, 3.63) is 29.8 Å². The number of benzene rings is 1. The quantitative estimate of drug-likeness (QED) is 0.691. The maximum atomic E-state index is 12.0. The highest BCUT2D eigenvalue weighted by atomic mass is 16.2. The fraction of sp³-hybridized carbons (Fsp3) is 0.529. The molecule has 0 bridgehead atoms. The molecular weight excluding hydrogens is 278 g/mol. The molecule has 0 heterocycles. The summed E-state index contributed by atoms with van der Waals surface area (Å²) in [5, 5.41) is 5.79. The van der Waals surface area contributed by atoms with Crippen molar-refractivity contribution in [3.63, 3.8) is 0 Å². The average molecular weight is 306 g/mol. The number of aryl methyl sites for hydroxylation is 1. The van der Waals surface area contributed by atoms with Gasteiger partial charge < -0.3 is 15.5 Å². The van der Waals surface area contributed by atoms with Crippen LogP contribution in [-0.2, 0) is 9.59 Å². The van der Waals surface area contributed by atoms with Gasteiger partial charge in [-0.15, -0.1) is 0 Å². The first-order valence-electron chi connectivity index (χ1n) is 7.75. The summed E-state index contributed by atoms with van der Waals surface area (Å²) in [5.41, 5.74) is 1.93. The van der Waals surface area contributed by atoms with Gasteiger partial charge in [-0.05, 0) is 31.9 Å². The normalized spacial score (nSPS) is 13.5. The minimum Gasteiger partial charge on any atom is -0.348 e. The van der Waals surface area contributed by atoms with Crippen molar-refractivity contribution in [1.82, 2.24) is 5.32 Å². The van der Waals surface area contributed by atoms with E-state index in [4.69, 9.17) is 0 Å². The van der Waals surface area contributed by atoms with E-state index < -0.39 is 0 Å². The Bertz CT molecular complexity index is 497. The number of carbonyl (C=O) groups excluding carboxylic acids is 2. The van der Waals surface area contributed by atoms with Crippen LogP contribution in [0.5, 0.6) is 0 Å². The van der Waals surface area contributed by atoms with Crippen molar-refractivity contribution in [2.45, 2.75) is 33.7 Å². The number of carbonyl (C=O) groups is 2. The Hall–Kier alpha value is -1.88. The lowest BCUT2D eigenvalue weighted by atomic mass is 10.1. The minimum absolute atomic E-state index is 0.0261. The molecule has 0 radical (unpaired) electrons. The van der Waals surface area contributed by atoms with Crippen LogP contribution in [0, 0.1) is 12.8 Å². The third-order valence-electron chi connectivity index (χ3n) is 3.65. The largest absolute Gasteiger partial charge is 0.348 e. The fourth-order valence-electron chi connectivity index (χ4n) is 1.92. The molecule has 22 heavy (non-hydrogen) atoms. The van der Waals surface area contributed by atoms with Crippen LogP contribution in [0.2, 0.25) is 0 Å². The predicted octanol–water partition coefficient (Wildman–Crippen LogP) is 0.609. The monoisotopic (exact) mass is 306 g/mol. The molecule has 1 rings (SSSR count). The van der Waals surface area contributed by atoms with Crippen molar-refractivity contribution in [2.75, 3.05) is 25.5 Å². The van der Waals surface area contributed by atoms with E-state index in [9.17, 15) is 9.59 Å². The lowest BCUT2D eigenvalue weighted by Crippen LogP contribution is -3.11. The van der Waals surface area contributed by atoms with E-state index in [1.807, 2.05) is 45.2 Å². The number of amides is 2. The van der Waals surface area contributed by atoms with Crippen LogP contribution in [-0.4, -0.2) is 38.0 Å². The van der Waals surface area contributed by atoms with Gasteiger partial charge in [-0.3, -0.25) is 9.59 Å². The third kappa shape index (κ3) is 6.72. The molecule has 2 atom stereocenters. The number of rotatable bonds is 7. The van der Waals surface area contributed by atoms with Gasteiger partial charge in [-0.1, -0.05) is 31.5 Å². The second kappa shape index (κ2) is 8.54. The molecule has 0 aliphatic carbocycles. The van der Waals surface area contributed by atoms with Gasteiger partial charge in [0.25, 0.3) is 11.8 Å². The Kier molecular flexibility index (Phi) is 7.05. The molecule has 0 spiro atoms. The first kappa shape index (κ1) is 18.2. The van der Waals surface area contributed by atoms with Crippen molar-refractivity contribution < 1.29 is 14.5 Å². The maximum Gasteiger partial charge on any atom is 0.279 e. The molecule has 122 valence electrons. The van der Waals surface area contributed by atoms with Crippen LogP contribution in [0.1, 0.15) is 26.3 Å². The topological polar surface area (TPSA) is 62.6 Å². The molecule has 0 aliphatic rings. The highest BCUT2D eigenvalue weighted by Crippen LogP contribution is 2.07. The molecule has 0 saturated carbocycles. The lowest BCUT2D eigenvalue weighted by Gasteiger charge is -2.19. The molecule has 5 heteroatoms. The van der Waals surface area contributed by atoms with Gasteiger partial charge in [0.1, 0.15) is 0 Å². The second-order valence-corrected chi connectivity index (χ2v) is 6.33. The van der Waals surface area contributed by atoms with Gasteiger partial charge in [-0.2, -0.15) is 0 Å².